The summed E-state index contributed by atoms with van der Waals surface area (Å²) in [7, 11) is 0. The number of hydrogen-bond donors (Lipinski definition) is 1. The van der Waals surface area contributed by atoms with Crippen LogP contribution in [-0.4, -0.2) is 19.5 Å². The zero-order valence-corrected chi connectivity index (χ0v) is 16.4. The molecule has 3 heterocycles. The number of pyridine rings is 1. The summed E-state index contributed by atoms with van der Waals surface area (Å²) in [4.78, 5) is 24.8. The average molecular weight is 410 g/mol. The van der Waals surface area contributed by atoms with Crippen LogP contribution in [0.3, 0.4) is 0 Å². The predicted molar refractivity (Wildman–Crippen MR) is 110 cm³/mol. The molecular formula is C21H19FN4O2S. The number of halogens is 1. The third-order valence-electron chi connectivity index (χ3n) is 5.24. The van der Waals surface area contributed by atoms with Crippen molar-refractivity contribution in [2.24, 2.45) is 0 Å². The molecule has 0 radical (unpaired) electrons. The number of thiazole rings is 1. The Bertz CT molecular complexity index is 1220. The van der Waals surface area contributed by atoms with Crippen LogP contribution in [0.2, 0.25) is 0 Å². The van der Waals surface area contributed by atoms with Crippen molar-refractivity contribution in [2.45, 2.75) is 38.5 Å². The van der Waals surface area contributed by atoms with Crippen molar-refractivity contribution < 1.29 is 9.13 Å². The Morgan fingerprint density at radius 1 is 1.24 bits per heavy atom. The van der Waals surface area contributed by atoms with Crippen molar-refractivity contribution in [3.8, 4) is 11.4 Å². The van der Waals surface area contributed by atoms with Crippen molar-refractivity contribution in [1.29, 1.82) is 0 Å². The van der Waals surface area contributed by atoms with Gasteiger partial charge in [0.1, 0.15) is 29.9 Å². The van der Waals surface area contributed by atoms with E-state index >= 15 is 0 Å². The molecular weight excluding hydrogens is 391 g/mol. The summed E-state index contributed by atoms with van der Waals surface area (Å²) in [5.74, 6) is 2.03. The maximum Gasteiger partial charge on any atom is 0.258 e. The fourth-order valence-electron chi connectivity index (χ4n) is 3.43. The van der Waals surface area contributed by atoms with Gasteiger partial charge >= 0.3 is 0 Å². The zero-order chi connectivity index (χ0) is 19.8. The molecule has 6 nitrogen and oxygen atoms in total. The second-order valence-corrected chi connectivity index (χ2v) is 8.12. The molecule has 0 amide bonds. The number of alkyl halides is 1. The lowest BCUT2D eigenvalue weighted by Gasteiger charge is -2.22. The minimum atomic E-state index is -0.588. The first-order valence-corrected chi connectivity index (χ1v) is 10.4. The Kier molecular flexibility index (Phi) is 4.63. The van der Waals surface area contributed by atoms with Crippen LogP contribution < -0.4 is 10.3 Å². The molecule has 0 atom stereocenters. The lowest BCUT2D eigenvalue weighted by atomic mass is 9.85. The summed E-state index contributed by atoms with van der Waals surface area (Å²) in [5.41, 5.74) is 2.83. The number of rotatable bonds is 6. The van der Waals surface area contributed by atoms with E-state index in [0.29, 0.717) is 22.4 Å². The number of aromatic nitrogens is 4. The maximum atomic E-state index is 12.6. The largest absolute Gasteiger partial charge is 0.486 e. The van der Waals surface area contributed by atoms with Crippen LogP contribution in [0.15, 0.2) is 46.7 Å². The summed E-state index contributed by atoms with van der Waals surface area (Å²) in [6.45, 7) is -0.381. The highest BCUT2D eigenvalue weighted by atomic mass is 32.1. The summed E-state index contributed by atoms with van der Waals surface area (Å²) in [6.07, 6.45) is 5.32. The van der Waals surface area contributed by atoms with Gasteiger partial charge in [-0.3, -0.25) is 9.36 Å². The van der Waals surface area contributed by atoms with Gasteiger partial charge in [0.2, 0.25) is 0 Å². The number of H-pyrrole nitrogens is 1. The molecule has 1 saturated carbocycles. The zero-order valence-electron chi connectivity index (χ0n) is 15.6. The van der Waals surface area contributed by atoms with E-state index in [1.54, 1.807) is 22.2 Å². The normalized spacial score (nSPS) is 14.2. The van der Waals surface area contributed by atoms with Gasteiger partial charge in [0, 0.05) is 23.6 Å². The SMILES string of the molecule is O=c1cc(OCc2nc(CF)cs2)ccn1-c1ccc2nc(C3CCC3)[nH]c2c1. The highest BCUT2D eigenvalue weighted by Crippen LogP contribution is 2.35. The van der Waals surface area contributed by atoms with Gasteiger partial charge in [-0.15, -0.1) is 11.3 Å². The standard InChI is InChI=1S/C21H19FN4O2S/c22-10-14-12-29-19(23-14)11-28-16-6-7-26(20(27)9-16)15-4-5-17-18(8-15)25-21(24-17)13-2-1-3-13/h4-9,12-13H,1-3,10-11H2,(H,24,25). The molecule has 148 valence electrons. The lowest BCUT2D eigenvalue weighted by molar-refractivity contribution is 0.304. The smallest absolute Gasteiger partial charge is 0.258 e. The quantitative estimate of drug-likeness (QED) is 0.508. The molecule has 1 N–H and O–H groups in total. The second-order valence-electron chi connectivity index (χ2n) is 7.18. The lowest BCUT2D eigenvalue weighted by Crippen LogP contribution is -2.16. The van der Waals surface area contributed by atoms with Crippen molar-refractivity contribution in [1.82, 2.24) is 19.5 Å². The summed E-state index contributed by atoms with van der Waals surface area (Å²) in [6, 6.07) is 8.96. The molecule has 0 saturated heterocycles. The van der Waals surface area contributed by atoms with Crippen molar-refractivity contribution >= 4 is 22.4 Å². The van der Waals surface area contributed by atoms with E-state index in [0.717, 1.165) is 22.5 Å². The molecule has 1 aliphatic carbocycles. The van der Waals surface area contributed by atoms with E-state index in [2.05, 4.69) is 15.0 Å². The van der Waals surface area contributed by atoms with E-state index in [1.165, 1.54) is 36.7 Å². The number of nitrogens with zero attached hydrogens (tertiary/aromatic N) is 3. The van der Waals surface area contributed by atoms with Crippen molar-refractivity contribution in [3.05, 3.63) is 68.8 Å². The number of benzene rings is 1. The molecule has 0 bridgehead atoms. The molecule has 0 spiro atoms. The van der Waals surface area contributed by atoms with Gasteiger partial charge in [0.05, 0.1) is 22.4 Å². The number of ether oxygens (including phenoxy) is 1. The highest BCUT2D eigenvalue weighted by Gasteiger charge is 2.22. The first kappa shape index (κ1) is 18.1. The maximum absolute atomic E-state index is 12.6. The molecule has 4 aromatic rings. The summed E-state index contributed by atoms with van der Waals surface area (Å²) in [5, 5.41) is 2.34. The molecule has 1 aromatic carbocycles. The fourth-order valence-corrected chi connectivity index (χ4v) is 4.11. The van der Waals surface area contributed by atoms with E-state index < -0.39 is 6.67 Å². The minimum absolute atomic E-state index is 0.191. The Hall–Kier alpha value is -3.00. The number of imidazole rings is 1. The van der Waals surface area contributed by atoms with Crippen LogP contribution in [-0.2, 0) is 13.3 Å². The van der Waals surface area contributed by atoms with E-state index in [1.807, 2.05) is 18.2 Å². The van der Waals surface area contributed by atoms with Gasteiger partial charge in [0.25, 0.3) is 5.56 Å². The molecule has 8 heteroatoms. The Labute approximate surface area is 170 Å². The van der Waals surface area contributed by atoms with Gasteiger partial charge < -0.3 is 9.72 Å². The van der Waals surface area contributed by atoms with E-state index in [9.17, 15) is 9.18 Å². The Morgan fingerprint density at radius 3 is 2.86 bits per heavy atom. The van der Waals surface area contributed by atoms with Crippen LogP contribution in [0.25, 0.3) is 16.7 Å². The molecule has 29 heavy (non-hydrogen) atoms. The number of hydrogen-bond acceptors (Lipinski definition) is 5. The van der Waals surface area contributed by atoms with E-state index in [4.69, 9.17) is 4.74 Å². The number of nitrogens with one attached hydrogen (secondary N) is 1. The van der Waals surface area contributed by atoms with Gasteiger partial charge in [-0.1, -0.05) is 6.42 Å². The van der Waals surface area contributed by atoms with Crippen LogP contribution in [0.5, 0.6) is 5.75 Å². The van der Waals surface area contributed by atoms with Crippen LogP contribution in [0, 0.1) is 0 Å². The molecule has 3 aromatic heterocycles. The predicted octanol–water partition coefficient (Wildman–Crippen LogP) is 4.49. The first-order chi connectivity index (χ1) is 14.2. The molecule has 5 rings (SSSR count). The van der Waals surface area contributed by atoms with Gasteiger partial charge in [-0.05, 0) is 37.1 Å². The first-order valence-electron chi connectivity index (χ1n) is 9.54. The van der Waals surface area contributed by atoms with Crippen LogP contribution in [0.4, 0.5) is 4.39 Å². The molecule has 1 fully saturated rings. The van der Waals surface area contributed by atoms with Crippen LogP contribution >= 0.6 is 11.3 Å². The topological polar surface area (TPSA) is 72.8 Å². The second kappa shape index (κ2) is 7.44. The fraction of sp³-hybridized carbons (Fsp3) is 0.286. The van der Waals surface area contributed by atoms with Crippen molar-refractivity contribution in [3.63, 3.8) is 0 Å². The van der Waals surface area contributed by atoms with Gasteiger partial charge in [0.15, 0.2) is 0 Å². The third-order valence-corrected chi connectivity index (χ3v) is 6.11. The molecule has 1 aliphatic rings. The highest BCUT2D eigenvalue weighted by molar-refractivity contribution is 7.09. The summed E-state index contributed by atoms with van der Waals surface area (Å²) >= 11 is 1.34. The third kappa shape index (κ3) is 3.55. The van der Waals surface area contributed by atoms with E-state index in [-0.39, 0.29) is 12.2 Å². The van der Waals surface area contributed by atoms with Crippen LogP contribution in [0.1, 0.15) is 41.7 Å². The van der Waals surface area contributed by atoms with Gasteiger partial charge in [-0.25, -0.2) is 14.4 Å². The molecule has 0 unspecified atom stereocenters. The minimum Gasteiger partial charge on any atom is -0.486 e. The average Bonchev–Trinajstić information content (AvgIpc) is 3.31. The molecule has 0 aliphatic heterocycles. The Morgan fingerprint density at radius 2 is 2.14 bits per heavy atom. The summed E-state index contributed by atoms with van der Waals surface area (Å²) < 4.78 is 19.8. The number of fused-ring (bicyclic) bond motifs is 1. The van der Waals surface area contributed by atoms with Crippen molar-refractivity contribution in [2.75, 3.05) is 0 Å². The number of aromatic amines is 1. The monoisotopic (exact) mass is 410 g/mol. The van der Waals surface area contributed by atoms with Gasteiger partial charge in [-0.2, -0.15) is 0 Å². The Balaban J connectivity index is 1.35.